The maximum atomic E-state index is 13.1. The molecule has 116 valence electrons. The van der Waals surface area contributed by atoms with Gasteiger partial charge in [0.2, 0.25) is 0 Å². The Labute approximate surface area is 136 Å². The maximum Gasteiger partial charge on any atom is 0.170 e. The molecule has 0 unspecified atom stereocenters. The van der Waals surface area contributed by atoms with Crippen LogP contribution < -0.4 is 10.6 Å². The molecule has 1 aliphatic carbocycles. The predicted molar refractivity (Wildman–Crippen MR) is 91.4 cm³/mol. The van der Waals surface area contributed by atoms with Crippen LogP contribution in [0.15, 0.2) is 18.2 Å². The highest BCUT2D eigenvalue weighted by molar-refractivity contribution is 7.80. The van der Waals surface area contributed by atoms with Crippen LogP contribution in [-0.4, -0.2) is 11.2 Å². The molecule has 1 fully saturated rings. The molecule has 0 bridgehead atoms. The van der Waals surface area contributed by atoms with E-state index < -0.39 is 5.82 Å². The molecule has 0 radical (unpaired) electrons. The number of benzene rings is 1. The molecule has 1 aromatic carbocycles. The lowest BCUT2D eigenvalue weighted by molar-refractivity contribution is 0.316. The van der Waals surface area contributed by atoms with Gasteiger partial charge in [-0.15, -0.1) is 0 Å². The van der Waals surface area contributed by atoms with Crippen molar-refractivity contribution < 1.29 is 4.39 Å². The predicted octanol–water partition coefficient (Wildman–Crippen LogP) is 5.12. The van der Waals surface area contributed by atoms with Crippen molar-refractivity contribution in [3.8, 4) is 0 Å². The largest absolute Gasteiger partial charge is 0.360 e. The molecule has 1 aromatic rings. The molecule has 1 atom stereocenters. The van der Waals surface area contributed by atoms with E-state index in [1.54, 1.807) is 6.07 Å². The topological polar surface area (TPSA) is 24.1 Å². The lowest BCUT2D eigenvalue weighted by atomic mass is 9.85. The van der Waals surface area contributed by atoms with E-state index in [1.807, 2.05) is 0 Å². The Morgan fingerprint density at radius 3 is 2.76 bits per heavy atom. The molecule has 0 aromatic heterocycles. The Morgan fingerprint density at radius 1 is 1.38 bits per heavy atom. The number of hydrogen-bond acceptors (Lipinski definition) is 1. The van der Waals surface area contributed by atoms with Crippen molar-refractivity contribution in [1.82, 2.24) is 5.32 Å². The first-order chi connectivity index (χ1) is 10.0. The van der Waals surface area contributed by atoms with Crippen LogP contribution in [0.5, 0.6) is 0 Å². The molecule has 2 rings (SSSR count). The van der Waals surface area contributed by atoms with E-state index in [1.165, 1.54) is 44.2 Å². The highest BCUT2D eigenvalue weighted by atomic mass is 35.5. The molecular formula is C16H22ClFN2S. The van der Waals surface area contributed by atoms with Crippen LogP contribution in [0.1, 0.15) is 45.4 Å². The molecule has 2 nitrogen and oxygen atoms in total. The molecule has 1 saturated carbocycles. The summed E-state index contributed by atoms with van der Waals surface area (Å²) >= 11 is 11.1. The Balaban J connectivity index is 1.78. The summed E-state index contributed by atoms with van der Waals surface area (Å²) in [7, 11) is 0. The van der Waals surface area contributed by atoms with Crippen molar-refractivity contribution in [2.75, 3.05) is 5.32 Å². The van der Waals surface area contributed by atoms with Crippen LogP contribution in [0.4, 0.5) is 10.1 Å². The molecule has 5 heteroatoms. The van der Waals surface area contributed by atoms with Crippen LogP contribution in [0.2, 0.25) is 5.02 Å². The Morgan fingerprint density at radius 2 is 2.10 bits per heavy atom. The summed E-state index contributed by atoms with van der Waals surface area (Å²) in [6.07, 6.45) is 7.90. The van der Waals surface area contributed by atoms with Crippen molar-refractivity contribution in [2.24, 2.45) is 5.92 Å². The zero-order chi connectivity index (χ0) is 15.2. The molecule has 1 aliphatic rings. The van der Waals surface area contributed by atoms with Gasteiger partial charge in [0.1, 0.15) is 5.82 Å². The highest BCUT2D eigenvalue weighted by Gasteiger charge is 2.16. The lowest BCUT2D eigenvalue weighted by Crippen LogP contribution is -2.37. The zero-order valence-corrected chi connectivity index (χ0v) is 13.9. The van der Waals surface area contributed by atoms with Crippen LogP contribution in [0.25, 0.3) is 0 Å². The monoisotopic (exact) mass is 328 g/mol. The standard InChI is InChI=1S/C16H22ClFN2S/c1-11(9-12-5-3-2-4-6-12)19-16(21)20-13-7-8-15(18)14(17)10-13/h7-8,10-12H,2-6,9H2,1H3,(H2,19,20,21)/t11-/m1/s1. The van der Waals surface area contributed by atoms with Gasteiger partial charge in [-0.1, -0.05) is 43.7 Å². The normalized spacial score (nSPS) is 17.3. The van der Waals surface area contributed by atoms with E-state index in [4.69, 9.17) is 23.8 Å². The number of halogens is 2. The van der Waals surface area contributed by atoms with Gasteiger partial charge in [0.05, 0.1) is 5.02 Å². The molecule has 0 aliphatic heterocycles. The molecule has 2 N–H and O–H groups in total. The number of hydrogen-bond donors (Lipinski definition) is 2. The van der Waals surface area contributed by atoms with Gasteiger partial charge in [-0.3, -0.25) is 0 Å². The minimum Gasteiger partial charge on any atom is -0.360 e. The Kier molecular flexibility index (Phi) is 6.24. The highest BCUT2D eigenvalue weighted by Crippen LogP contribution is 2.27. The Hall–Kier alpha value is -0.870. The number of nitrogens with one attached hydrogen (secondary N) is 2. The fourth-order valence-electron chi connectivity index (χ4n) is 2.95. The molecule has 0 spiro atoms. The van der Waals surface area contributed by atoms with Gasteiger partial charge in [0.25, 0.3) is 0 Å². The van der Waals surface area contributed by atoms with Crippen molar-refractivity contribution in [3.05, 3.63) is 29.0 Å². The zero-order valence-electron chi connectivity index (χ0n) is 12.3. The summed E-state index contributed by atoms with van der Waals surface area (Å²) in [6, 6.07) is 4.83. The summed E-state index contributed by atoms with van der Waals surface area (Å²) in [6.45, 7) is 2.15. The third-order valence-corrected chi connectivity index (χ3v) is 4.48. The number of anilines is 1. The smallest absolute Gasteiger partial charge is 0.170 e. The van der Waals surface area contributed by atoms with E-state index in [2.05, 4.69) is 17.6 Å². The first-order valence-electron chi connectivity index (χ1n) is 7.57. The first kappa shape index (κ1) is 16.5. The quantitative estimate of drug-likeness (QED) is 0.750. The van der Waals surface area contributed by atoms with Crippen LogP contribution in [0.3, 0.4) is 0 Å². The van der Waals surface area contributed by atoms with Crippen LogP contribution in [0, 0.1) is 11.7 Å². The molecule has 0 heterocycles. The molecule has 0 saturated heterocycles. The summed E-state index contributed by atoms with van der Waals surface area (Å²) in [5, 5.41) is 6.99. The van der Waals surface area contributed by atoms with Gasteiger partial charge in [0, 0.05) is 11.7 Å². The van der Waals surface area contributed by atoms with E-state index >= 15 is 0 Å². The lowest BCUT2D eigenvalue weighted by Gasteiger charge is -2.26. The average molecular weight is 329 g/mol. The second-order valence-corrected chi connectivity index (χ2v) is 6.68. The number of thiocarbonyl (C=S) groups is 1. The van der Waals surface area contributed by atoms with Gasteiger partial charge >= 0.3 is 0 Å². The average Bonchev–Trinajstić information content (AvgIpc) is 2.43. The number of rotatable bonds is 4. The summed E-state index contributed by atoms with van der Waals surface area (Å²) in [4.78, 5) is 0. The van der Waals surface area contributed by atoms with Crippen molar-refractivity contribution in [1.29, 1.82) is 0 Å². The third-order valence-electron chi connectivity index (χ3n) is 3.97. The van der Waals surface area contributed by atoms with Crippen molar-refractivity contribution in [3.63, 3.8) is 0 Å². The van der Waals surface area contributed by atoms with Gasteiger partial charge < -0.3 is 10.6 Å². The molecular weight excluding hydrogens is 307 g/mol. The van der Waals surface area contributed by atoms with Gasteiger partial charge in [-0.2, -0.15) is 0 Å². The SMILES string of the molecule is C[C@H](CC1CCCCC1)NC(=S)Nc1ccc(F)c(Cl)c1. The van der Waals surface area contributed by atoms with E-state index in [0.29, 0.717) is 16.8 Å². The third kappa shape index (κ3) is 5.44. The molecule has 21 heavy (non-hydrogen) atoms. The van der Waals surface area contributed by atoms with Gasteiger partial charge in [0.15, 0.2) is 5.11 Å². The minimum absolute atomic E-state index is 0.0954. The van der Waals surface area contributed by atoms with Crippen LogP contribution >= 0.6 is 23.8 Å². The second-order valence-electron chi connectivity index (χ2n) is 5.87. The summed E-state index contributed by atoms with van der Waals surface area (Å²) in [5.41, 5.74) is 0.698. The maximum absolute atomic E-state index is 13.1. The molecule has 0 amide bonds. The summed E-state index contributed by atoms with van der Waals surface area (Å²) < 4.78 is 13.1. The second kappa shape index (κ2) is 7.95. The van der Waals surface area contributed by atoms with Crippen LogP contribution in [-0.2, 0) is 0 Å². The van der Waals surface area contributed by atoms with E-state index in [9.17, 15) is 4.39 Å². The van der Waals surface area contributed by atoms with Gasteiger partial charge in [-0.25, -0.2) is 4.39 Å². The minimum atomic E-state index is -0.424. The van der Waals surface area contributed by atoms with E-state index in [-0.39, 0.29) is 5.02 Å². The van der Waals surface area contributed by atoms with Crippen molar-refractivity contribution in [2.45, 2.75) is 51.5 Å². The fourth-order valence-corrected chi connectivity index (χ4v) is 3.45. The Bertz CT molecular complexity index is 489. The van der Waals surface area contributed by atoms with E-state index in [0.717, 1.165) is 12.3 Å². The summed E-state index contributed by atoms with van der Waals surface area (Å²) in [5.74, 6) is 0.385. The van der Waals surface area contributed by atoms with Crippen molar-refractivity contribution >= 4 is 34.6 Å². The first-order valence-corrected chi connectivity index (χ1v) is 8.36. The van der Waals surface area contributed by atoms with Gasteiger partial charge in [-0.05, 0) is 49.7 Å². The fraction of sp³-hybridized carbons (Fsp3) is 0.562.